The molecule has 0 spiro atoms. The van der Waals surface area contributed by atoms with Crippen molar-refractivity contribution in [2.75, 3.05) is 6.54 Å². The number of likely N-dealkylation sites (N-methyl/N-ethyl adjacent to an activating group) is 1. The quantitative estimate of drug-likeness (QED) is 0.795. The molecule has 2 aromatic rings. The van der Waals surface area contributed by atoms with E-state index in [0.717, 1.165) is 30.0 Å². The van der Waals surface area contributed by atoms with Gasteiger partial charge in [-0.3, -0.25) is 0 Å². The fourth-order valence-corrected chi connectivity index (χ4v) is 3.07. The van der Waals surface area contributed by atoms with Crippen molar-refractivity contribution < 1.29 is 4.42 Å². The topological polar surface area (TPSA) is 25.2 Å². The van der Waals surface area contributed by atoms with Gasteiger partial charge in [0.2, 0.25) is 0 Å². The normalized spacial score (nSPS) is 12.7. The van der Waals surface area contributed by atoms with Gasteiger partial charge in [0, 0.05) is 11.6 Å². The number of rotatable bonds is 5. The summed E-state index contributed by atoms with van der Waals surface area (Å²) in [5.74, 6) is 1.97. The number of halogens is 2. The van der Waals surface area contributed by atoms with Gasteiger partial charge in [0.1, 0.15) is 11.5 Å². The van der Waals surface area contributed by atoms with E-state index in [-0.39, 0.29) is 6.04 Å². The number of nitrogens with one attached hydrogen (secondary N) is 1. The lowest BCUT2D eigenvalue weighted by atomic mass is 9.95. The van der Waals surface area contributed by atoms with Gasteiger partial charge in [-0.15, -0.1) is 0 Å². The predicted molar refractivity (Wildman–Crippen MR) is 89.5 cm³/mol. The molecule has 1 N–H and O–H groups in total. The third-order valence-electron chi connectivity index (χ3n) is 3.84. The van der Waals surface area contributed by atoms with Crippen molar-refractivity contribution in [2.45, 2.75) is 40.2 Å². The van der Waals surface area contributed by atoms with Crippen LogP contribution in [0.5, 0.6) is 0 Å². The smallest absolute Gasteiger partial charge is 0.106 e. The summed E-state index contributed by atoms with van der Waals surface area (Å²) < 4.78 is 5.77. The summed E-state index contributed by atoms with van der Waals surface area (Å²) in [5.41, 5.74) is 3.63. The largest absolute Gasteiger partial charge is 0.466 e. The molecule has 2 rings (SSSR count). The van der Waals surface area contributed by atoms with E-state index in [1.807, 2.05) is 32.0 Å². The Bertz CT molecular complexity index is 634. The van der Waals surface area contributed by atoms with Gasteiger partial charge in [0.15, 0.2) is 0 Å². The van der Waals surface area contributed by atoms with Crippen molar-refractivity contribution in [3.05, 3.63) is 56.5 Å². The minimum Gasteiger partial charge on any atom is -0.466 e. The molecule has 0 radical (unpaired) electrons. The van der Waals surface area contributed by atoms with Crippen molar-refractivity contribution in [3.8, 4) is 0 Å². The van der Waals surface area contributed by atoms with Gasteiger partial charge in [-0.25, -0.2) is 0 Å². The van der Waals surface area contributed by atoms with E-state index in [1.165, 1.54) is 11.1 Å². The molecule has 1 aromatic heterocycles. The Morgan fingerprint density at radius 1 is 1.10 bits per heavy atom. The molecule has 21 heavy (non-hydrogen) atoms. The van der Waals surface area contributed by atoms with Crippen LogP contribution in [0.25, 0.3) is 0 Å². The van der Waals surface area contributed by atoms with Crippen LogP contribution in [-0.2, 0) is 6.42 Å². The minimum atomic E-state index is 0.213. The van der Waals surface area contributed by atoms with Gasteiger partial charge in [-0.2, -0.15) is 0 Å². The molecule has 0 fully saturated rings. The summed E-state index contributed by atoms with van der Waals surface area (Å²) in [7, 11) is 0. The van der Waals surface area contributed by atoms with Crippen LogP contribution in [0.1, 0.15) is 41.2 Å². The van der Waals surface area contributed by atoms with Crippen molar-refractivity contribution in [2.24, 2.45) is 0 Å². The van der Waals surface area contributed by atoms with Gasteiger partial charge in [-0.1, -0.05) is 36.2 Å². The van der Waals surface area contributed by atoms with Crippen LogP contribution < -0.4 is 5.32 Å². The van der Waals surface area contributed by atoms with Gasteiger partial charge in [0.25, 0.3) is 0 Å². The van der Waals surface area contributed by atoms with Gasteiger partial charge < -0.3 is 9.73 Å². The van der Waals surface area contributed by atoms with Crippen LogP contribution in [0.15, 0.2) is 22.6 Å². The predicted octanol–water partition coefficient (Wildman–Crippen LogP) is 5.40. The van der Waals surface area contributed by atoms with Crippen molar-refractivity contribution in [1.29, 1.82) is 0 Å². The first kappa shape index (κ1) is 16.4. The maximum absolute atomic E-state index is 6.12. The molecule has 1 aromatic carbocycles. The number of benzene rings is 1. The van der Waals surface area contributed by atoms with E-state index in [4.69, 9.17) is 27.6 Å². The second-order valence-corrected chi connectivity index (χ2v) is 6.13. The first-order valence-corrected chi connectivity index (χ1v) is 7.93. The van der Waals surface area contributed by atoms with Gasteiger partial charge in [-0.05, 0) is 57.0 Å². The Kier molecular flexibility index (Phi) is 5.37. The van der Waals surface area contributed by atoms with E-state index in [2.05, 4.69) is 19.2 Å². The van der Waals surface area contributed by atoms with Crippen LogP contribution in [0.2, 0.25) is 10.0 Å². The average molecular weight is 326 g/mol. The Morgan fingerprint density at radius 2 is 1.81 bits per heavy atom. The third-order valence-corrected chi connectivity index (χ3v) is 4.58. The molecule has 114 valence electrons. The van der Waals surface area contributed by atoms with Crippen LogP contribution in [0, 0.1) is 20.8 Å². The molecule has 2 nitrogen and oxygen atoms in total. The second kappa shape index (κ2) is 6.87. The van der Waals surface area contributed by atoms with Crippen molar-refractivity contribution in [1.82, 2.24) is 5.32 Å². The van der Waals surface area contributed by atoms with Gasteiger partial charge in [0.05, 0.1) is 10.0 Å². The lowest BCUT2D eigenvalue weighted by molar-refractivity contribution is 0.484. The molecule has 0 amide bonds. The highest BCUT2D eigenvalue weighted by molar-refractivity contribution is 6.42. The summed E-state index contributed by atoms with van der Waals surface area (Å²) in [6.07, 6.45) is 0.853. The number of hydrogen-bond donors (Lipinski definition) is 1. The maximum atomic E-state index is 6.12. The Hall–Kier alpha value is -0.960. The van der Waals surface area contributed by atoms with E-state index >= 15 is 0 Å². The molecule has 0 bridgehead atoms. The fraction of sp³-hybridized carbons (Fsp3) is 0.412. The molecule has 0 aliphatic carbocycles. The van der Waals surface area contributed by atoms with Crippen LogP contribution >= 0.6 is 23.2 Å². The zero-order valence-corrected chi connectivity index (χ0v) is 14.4. The highest BCUT2D eigenvalue weighted by atomic mass is 35.5. The molecule has 0 saturated carbocycles. The number of furan rings is 1. The summed E-state index contributed by atoms with van der Waals surface area (Å²) >= 11 is 12.1. The zero-order chi connectivity index (χ0) is 15.6. The molecule has 1 atom stereocenters. The third kappa shape index (κ3) is 3.63. The molecular formula is C17H21Cl2NO. The molecule has 1 unspecified atom stereocenters. The molecular weight excluding hydrogens is 305 g/mol. The summed E-state index contributed by atoms with van der Waals surface area (Å²) in [4.78, 5) is 0. The Morgan fingerprint density at radius 3 is 2.33 bits per heavy atom. The van der Waals surface area contributed by atoms with E-state index < -0.39 is 0 Å². The van der Waals surface area contributed by atoms with Crippen LogP contribution in [-0.4, -0.2) is 6.54 Å². The maximum Gasteiger partial charge on any atom is 0.106 e. The Balaban J connectivity index is 2.32. The monoisotopic (exact) mass is 325 g/mol. The highest BCUT2D eigenvalue weighted by Gasteiger charge is 2.21. The van der Waals surface area contributed by atoms with Crippen LogP contribution in [0.3, 0.4) is 0 Å². The lowest BCUT2D eigenvalue weighted by Gasteiger charge is -2.19. The standard InChI is InChI=1S/C17H21Cl2NO/c1-5-20-16(17-10(2)11(3)21-12(17)4)9-13-6-7-14(18)15(19)8-13/h6-8,16,20H,5,9H2,1-4H3. The lowest BCUT2D eigenvalue weighted by Crippen LogP contribution is -2.24. The number of aryl methyl sites for hydroxylation is 2. The molecule has 0 aliphatic heterocycles. The first-order valence-electron chi connectivity index (χ1n) is 7.17. The first-order chi connectivity index (χ1) is 9.93. The molecule has 0 aliphatic rings. The summed E-state index contributed by atoms with van der Waals surface area (Å²) in [5, 5.41) is 4.73. The molecule has 1 heterocycles. The zero-order valence-electron chi connectivity index (χ0n) is 12.9. The SMILES string of the molecule is CCNC(Cc1ccc(Cl)c(Cl)c1)c1c(C)oc(C)c1C. The fourth-order valence-electron chi connectivity index (χ4n) is 2.75. The number of hydrogen-bond acceptors (Lipinski definition) is 2. The van der Waals surface area contributed by atoms with Gasteiger partial charge >= 0.3 is 0 Å². The van der Waals surface area contributed by atoms with Crippen LogP contribution in [0.4, 0.5) is 0 Å². The van der Waals surface area contributed by atoms with E-state index in [9.17, 15) is 0 Å². The average Bonchev–Trinajstić information content (AvgIpc) is 2.67. The summed E-state index contributed by atoms with van der Waals surface area (Å²) in [6.45, 7) is 9.15. The second-order valence-electron chi connectivity index (χ2n) is 5.32. The summed E-state index contributed by atoms with van der Waals surface area (Å²) in [6, 6.07) is 6.02. The molecule has 4 heteroatoms. The van der Waals surface area contributed by atoms with Crippen molar-refractivity contribution >= 4 is 23.2 Å². The van der Waals surface area contributed by atoms with Crippen molar-refractivity contribution in [3.63, 3.8) is 0 Å². The minimum absolute atomic E-state index is 0.213. The Labute approximate surface area is 136 Å². The molecule has 0 saturated heterocycles. The highest BCUT2D eigenvalue weighted by Crippen LogP contribution is 2.31. The van der Waals surface area contributed by atoms with E-state index in [0.29, 0.717) is 10.0 Å². The van der Waals surface area contributed by atoms with E-state index in [1.54, 1.807) is 0 Å².